The van der Waals surface area contributed by atoms with Crippen LogP contribution in [0.5, 0.6) is 0 Å². The van der Waals surface area contributed by atoms with Crippen LogP contribution in [0.2, 0.25) is 18.1 Å². The number of carbonyl (C=O) groups excluding carboxylic acids is 2. The molecule has 35 heavy (non-hydrogen) atoms. The monoisotopic (exact) mass is 505 g/mol. The Morgan fingerprint density at radius 3 is 2.40 bits per heavy atom. The Labute approximate surface area is 213 Å². The molecular weight excluding hydrogens is 458 g/mol. The lowest BCUT2D eigenvalue weighted by Crippen LogP contribution is -2.53. The van der Waals surface area contributed by atoms with Gasteiger partial charge in [-0.2, -0.15) is 0 Å². The lowest BCUT2D eigenvalue weighted by molar-refractivity contribution is -0.124. The highest BCUT2D eigenvalue weighted by Gasteiger charge is 2.37. The van der Waals surface area contributed by atoms with Gasteiger partial charge in [-0.05, 0) is 56.1 Å². The number of nitrogens with zero attached hydrogens (tertiary/aromatic N) is 3. The van der Waals surface area contributed by atoms with E-state index in [1.54, 1.807) is 7.05 Å². The van der Waals surface area contributed by atoms with Gasteiger partial charge in [0.25, 0.3) is 5.91 Å². The first-order chi connectivity index (χ1) is 16.1. The molecule has 1 aliphatic rings. The zero-order chi connectivity index (χ0) is 26.6. The van der Waals surface area contributed by atoms with E-state index >= 15 is 0 Å². The third-order valence-electron chi connectivity index (χ3n) is 7.13. The van der Waals surface area contributed by atoms with Crippen molar-refractivity contribution in [2.75, 3.05) is 27.2 Å². The minimum absolute atomic E-state index is 0.186. The highest BCUT2D eigenvalue weighted by atomic mass is 28.4. The van der Waals surface area contributed by atoms with Gasteiger partial charge in [0.1, 0.15) is 11.9 Å². The Bertz CT molecular complexity index is 925. The molecule has 1 aliphatic heterocycles. The van der Waals surface area contributed by atoms with Gasteiger partial charge >= 0.3 is 0 Å². The Hall–Kier alpha value is -1.97. The molecule has 0 radical (unpaired) electrons. The highest BCUT2D eigenvalue weighted by molar-refractivity contribution is 6.74. The predicted octanol–water partition coefficient (Wildman–Crippen LogP) is 4.03. The molecule has 8 nitrogen and oxygen atoms in total. The van der Waals surface area contributed by atoms with Crippen molar-refractivity contribution >= 4 is 26.2 Å². The zero-order valence-electron chi connectivity index (χ0n) is 23.5. The van der Waals surface area contributed by atoms with Gasteiger partial charge in [0.15, 0.2) is 14.0 Å². The summed E-state index contributed by atoms with van der Waals surface area (Å²) in [6.45, 7) is 20.1. The van der Waals surface area contributed by atoms with Crippen LogP contribution in [0.1, 0.15) is 76.4 Å². The maximum atomic E-state index is 13.4. The lowest BCUT2D eigenvalue weighted by Gasteiger charge is -2.36. The topological polar surface area (TPSA) is 88.5 Å². The maximum Gasteiger partial charge on any atom is 0.272 e. The van der Waals surface area contributed by atoms with Crippen LogP contribution in [0.15, 0.2) is 6.08 Å². The Balaban J connectivity index is 2.26. The largest absolute Gasteiger partial charge is 0.417 e. The fourth-order valence-electron chi connectivity index (χ4n) is 3.86. The molecule has 2 rings (SSSR count). The first-order valence-corrected chi connectivity index (χ1v) is 15.6. The van der Waals surface area contributed by atoms with Crippen molar-refractivity contribution in [1.29, 1.82) is 0 Å². The summed E-state index contributed by atoms with van der Waals surface area (Å²) < 4.78 is 8.43. The summed E-state index contributed by atoms with van der Waals surface area (Å²) in [5.74, 6) is 0.253. The van der Waals surface area contributed by atoms with Crippen LogP contribution in [0.3, 0.4) is 0 Å². The Morgan fingerprint density at radius 2 is 1.83 bits per heavy atom. The molecule has 2 N–H and O–H groups in total. The number of aromatic nitrogens is 2. The van der Waals surface area contributed by atoms with Gasteiger partial charge in [0, 0.05) is 26.7 Å². The Kier molecular flexibility index (Phi) is 9.52. The number of likely N-dealkylation sites (N-methyl/N-ethyl adjacent to an activating group) is 1. The molecule has 0 aliphatic carbocycles. The van der Waals surface area contributed by atoms with Gasteiger partial charge in [-0.3, -0.25) is 9.59 Å². The van der Waals surface area contributed by atoms with E-state index in [4.69, 9.17) is 9.41 Å². The average Bonchev–Trinajstić information content (AvgIpc) is 2.94. The van der Waals surface area contributed by atoms with Gasteiger partial charge in [0.05, 0.1) is 5.69 Å². The van der Waals surface area contributed by atoms with Gasteiger partial charge in [-0.25, -0.2) is 4.98 Å². The number of amides is 2. The number of carbonyl (C=O) groups is 2. The van der Waals surface area contributed by atoms with Crippen LogP contribution in [-0.4, -0.2) is 67.9 Å². The maximum absolute atomic E-state index is 13.4. The van der Waals surface area contributed by atoms with Crippen molar-refractivity contribution < 1.29 is 14.0 Å². The summed E-state index contributed by atoms with van der Waals surface area (Å²) in [6.07, 6.45) is 5.86. The first-order valence-electron chi connectivity index (χ1n) is 12.7. The second-order valence-electron chi connectivity index (χ2n) is 12.2. The lowest BCUT2D eigenvalue weighted by atomic mass is 9.86. The van der Waals surface area contributed by atoms with Gasteiger partial charge in [-0.1, -0.05) is 47.6 Å². The number of hydrogen-bond acceptors (Lipinski definition) is 5. The van der Waals surface area contributed by atoms with E-state index in [0.717, 1.165) is 37.4 Å². The molecule has 0 spiro atoms. The smallest absolute Gasteiger partial charge is 0.272 e. The summed E-state index contributed by atoms with van der Waals surface area (Å²) in [5, 5.41) is 5.80. The quantitative estimate of drug-likeness (QED) is 0.411. The summed E-state index contributed by atoms with van der Waals surface area (Å²) in [5.41, 5.74) is 0.856. The third-order valence-corrected chi connectivity index (χ3v) is 11.7. The van der Waals surface area contributed by atoms with Crippen molar-refractivity contribution in [3.05, 3.63) is 23.3 Å². The number of imidazole rings is 1. The molecule has 1 aromatic heterocycles. The summed E-state index contributed by atoms with van der Waals surface area (Å²) in [4.78, 5) is 32.8. The van der Waals surface area contributed by atoms with Gasteiger partial charge in [0.2, 0.25) is 5.91 Å². The van der Waals surface area contributed by atoms with E-state index in [0.29, 0.717) is 18.8 Å². The van der Waals surface area contributed by atoms with Crippen LogP contribution in [-0.2, 0) is 22.3 Å². The molecular formula is C26H47N5O3Si. The second kappa shape index (κ2) is 11.4. The molecule has 0 aromatic carbocycles. The van der Waals surface area contributed by atoms with Crippen molar-refractivity contribution in [2.24, 2.45) is 5.41 Å². The van der Waals surface area contributed by atoms with E-state index < -0.39 is 19.8 Å². The predicted molar refractivity (Wildman–Crippen MR) is 145 cm³/mol. The Morgan fingerprint density at radius 1 is 1.17 bits per heavy atom. The average molecular weight is 506 g/mol. The fourth-order valence-corrected chi connectivity index (χ4v) is 4.93. The summed E-state index contributed by atoms with van der Waals surface area (Å²) in [6, 6.07) is -0.660. The van der Waals surface area contributed by atoms with Crippen molar-refractivity contribution in [3.8, 4) is 0 Å². The first kappa shape index (κ1) is 29.3. The molecule has 1 atom stereocenters. The van der Waals surface area contributed by atoms with Crippen LogP contribution < -0.4 is 10.6 Å². The number of hydrogen-bond donors (Lipinski definition) is 2. The van der Waals surface area contributed by atoms with Gasteiger partial charge < -0.3 is 24.5 Å². The van der Waals surface area contributed by atoms with E-state index in [2.05, 4.69) is 67.1 Å². The fraction of sp³-hybridized carbons (Fsp3) is 0.731. The SMILES string of the molecule is CNC(=O)C(NC(=O)c1nc(C=CCCO[Si](C)(C)C(C)(C)C)n2c1CN(C)CCC2)C(C)(C)C. The number of rotatable bonds is 8. The standard InChI is InChI=1S/C26H47N5O3Si/c1-25(2,3)22(24(33)27-7)29-23(32)21-19-18-30(8)15-13-16-31(19)20(28-21)14-11-12-17-34-35(9,10)26(4,5)6/h11,14,22H,12-13,15-18H2,1-10H3,(H,27,33)(H,29,32). The molecule has 2 amide bonds. The molecule has 0 bridgehead atoms. The number of nitrogens with one attached hydrogen (secondary N) is 2. The third kappa shape index (κ3) is 7.51. The minimum atomic E-state index is -1.77. The van der Waals surface area contributed by atoms with Crippen molar-refractivity contribution in [1.82, 2.24) is 25.1 Å². The molecule has 0 fully saturated rings. The van der Waals surface area contributed by atoms with Crippen molar-refractivity contribution in [2.45, 2.75) is 91.6 Å². The van der Waals surface area contributed by atoms with E-state index in [1.165, 1.54) is 0 Å². The normalized spacial score (nSPS) is 16.6. The summed E-state index contributed by atoms with van der Waals surface area (Å²) in [7, 11) is 1.87. The molecule has 9 heteroatoms. The molecule has 1 unspecified atom stereocenters. The van der Waals surface area contributed by atoms with Gasteiger partial charge in [-0.15, -0.1) is 0 Å². The van der Waals surface area contributed by atoms with Crippen LogP contribution in [0, 0.1) is 5.41 Å². The van der Waals surface area contributed by atoms with Crippen LogP contribution >= 0.6 is 0 Å². The zero-order valence-corrected chi connectivity index (χ0v) is 24.5. The van der Waals surface area contributed by atoms with E-state index in [1.807, 2.05) is 26.8 Å². The molecule has 198 valence electrons. The second-order valence-corrected chi connectivity index (χ2v) is 17.0. The van der Waals surface area contributed by atoms with E-state index in [-0.39, 0.29) is 16.9 Å². The number of fused-ring (bicyclic) bond motifs is 1. The molecule has 0 saturated carbocycles. The summed E-state index contributed by atoms with van der Waals surface area (Å²) >= 11 is 0. The van der Waals surface area contributed by atoms with Crippen LogP contribution in [0.25, 0.3) is 6.08 Å². The molecule has 2 heterocycles. The molecule has 1 aromatic rings. The van der Waals surface area contributed by atoms with E-state index in [9.17, 15) is 9.59 Å². The van der Waals surface area contributed by atoms with Crippen molar-refractivity contribution in [3.63, 3.8) is 0 Å². The molecule has 0 saturated heterocycles. The minimum Gasteiger partial charge on any atom is -0.417 e. The highest BCUT2D eigenvalue weighted by Crippen LogP contribution is 2.36. The van der Waals surface area contributed by atoms with Crippen LogP contribution in [0.4, 0.5) is 0 Å².